The van der Waals surface area contributed by atoms with Gasteiger partial charge in [-0.1, -0.05) is 27.4 Å². The molecule has 1 aromatic rings. The summed E-state index contributed by atoms with van der Waals surface area (Å²) < 4.78 is 0. The summed E-state index contributed by atoms with van der Waals surface area (Å²) in [5, 5.41) is 3.03. The van der Waals surface area contributed by atoms with Crippen LogP contribution < -0.4 is 11.1 Å². The summed E-state index contributed by atoms with van der Waals surface area (Å²) in [6, 6.07) is 0. The summed E-state index contributed by atoms with van der Waals surface area (Å²) in [5.74, 6) is 0.415. The van der Waals surface area contributed by atoms with Gasteiger partial charge in [-0.2, -0.15) is 4.98 Å². The van der Waals surface area contributed by atoms with E-state index in [2.05, 4.69) is 21.9 Å². The highest BCUT2D eigenvalue weighted by atomic mass is 16.1. The van der Waals surface area contributed by atoms with Crippen LogP contribution in [0.5, 0.6) is 0 Å². The van der Waals surface area contributed by atoms with Crippen LogP contribution in [0.2, 0.25) is 0 Å². The Morgan fingerprint density at radius 3 is 2.53 bits per heavy atom. The maximum atomic E-state index is 11.4. The molecule has 0 aliphatic heterocycles. The van der Waals surface area contributed by atoms with Crippen LogP contribution in [0.1, 0.15) is 38.1 Å². The maximum Gasteiger partial charge on any atom is 0.221 e. The van der Waals surface area contributed by atoms with Crippen molar-refractivity contribution >= 4 is 17.5 Å². The molecule has 0 radical (unpaired) electrons. The summed E-state index contributed by atoms with van der Waals surface area (Å²) >= 11 is 0. The molecule has 5 heteroatoms. The van der Waals surface area contributed by atoms with Gasteiger partial charge in [0.2, 0.25) is 5.95 Å². The monoisotopic (exact) mass is 234 g/mol. The molecule has 1 rings (SSSR count). The largest absolute Gasteiger partial charge is 0.368 e. The number of nitrogens with zero attached hydrogens (tertiary/aromatic N) is 2. The normalized spacial score (nSPS) is 11.1. The van der Waals surface area contributed by atoms with Gasteiger partial charge in [-0.05, 0) is 6.92 Å². The molecule has 0 aliphatic carbocycles. The minimum absolute atomic E-state index is 0.116. The van der Waals surface area contributed by atoms with Crippen molar-refractivity contribution < 1.29 is 4.79 Å². The lowest BCUT2D eigenvalue weighted by atomic mass is 9.93. The van der Waals surface area contributed by atoms with E-state index in [4.69, 9.17) is 5.73 Å². The minimum Gasteiger partial charge on any atom is -0.368 e. The number of aromatic nitrogens is 2. The van der Waals surface area contributed by atoms with Crippen LogP contribution in [-0.4, -0.2) is 15.8 Å². The smallest absolute Gasteiger partial charge is 0.221 e. The fourth-order valence-corrected chi connectivity index (χ4v) is 1.08. The lowest BCUT2D eigenvalue weighted by Crippen LogP contribution is -2.18. The number of nitrogen functional groups attached to an aromatic ring is 1. The first-order valence-electron chi connectivity index (χ1n) is 5.31. The highest BCUT2D eigenvalue weighted by molar-refractivity contribution is 5.98. The Morgan fingerprint density at radius 1 is 1.47 bits per heavy atom. The maximum absolute atomic E-state index is 11.4. The van der Waals surface area contributed by atoms with Gasteiger partial charge in [0.15, 0.2) is 5.78 Å². The number of allylic oxidation sites excluding steroid dienone is 1. The quantitative estimate of drug-likeness (QED) is 0.784. The molecule has 1 aromatic heterocycles. The van der Waals surface area contributed by atoms with E-state index in [0.717, 1.165) is 5.70 Å². The molecule has 0 amide bonds. The number of rotatable bonds is 3. The second kappa shape index (κ2) is 4.53. The molecule has 0 unspecified atom stereocenters. The van der Waals surface area contributed by atoms with Crippen molar-refractivity contribution in [2.45, 2.75) is 27.7 Å². The van der Waals surface area contributed by atoms with Crippen molar-refractivity contribution in [1.29, 1.82) is 0 Å². The van der Waals surface area contributed by atoms with Gasteiger partial charge in [0.1, 0.15) is 5.82 Å². The molecule has 0 bridgehead atoms. The van der Waals surface area contributed by atoms with Gasteiger partial charge >= 0.3 is 0 Å². The van der Waals surface area contributed by atoms with Gasteiger partial charge in [0, 0.05) is 17.3 Å². The molecule has 3 N–H and O–H groups in total. The lowest BCUT2D eigenvalue weighted by Gasteiger charge is -2.23. The van der Waals surface area contributed by atoms with E-state index in [1.807, 2.05) is 20.8 Å². The van der Waals surface area contributed by atoms with Crippen LogP contribution in [0.25, 0.3) is 0 Å². The summed E-state index contributed by atoms with van der Waals surface area (Å²) in [6.45, 7) is 11.4. The Bertz CT molecular complexity index is 460. The molecule has 0 fully saturated rings. The van der Waals surface area contributed by atoms with Gasteiger partial charge in [0.25, 0.3) is 0 Å². The molecular formula is C12H18N4O. The lowest BCUT2D eigenvalue weighted by molar-refractivity contribution is 0.101. The Balaban J connectivity index is 3.09. The van der Waals surface area contributed by atoms with E-state index in [1.165, 1.54) is 13.1 Å². The SMILES string of the molecule is C=C(Nc1nc(N)ncc1C(C)=O)C(C)(C)C. The Kier molecular flexibility index (Phi) is 3.50. The number of carbonyl (C=O) groups is 1. The Hall–Kier alpha value is -1.91. The van der Waals surface area contributed by atoms with E-state index in [1.54, 1.807) is 0 Å². The number of carbonyl (C=O) groups excluding carboxylic acids is 1. The third kappa shape index (κ3) is 3.27. The van der Waals surface area contributed by atoms with Gasteiger partial charge in [-0.3, -0.25) is 4.79 Å². The summed E-state index contributed by atoms with van der Waals surface area (Å²) in [6.07, 6.45) is 1.42. The number of anilines is 2. The zero-order valence-corrected chi connectivity index (χ0v) is 10.7. The second-order valence-electron chi connectivity index (χ2n) is 4.90. The fraction of sp³-hybridized carbons (Fsp3) is 0.417. The number of hydrogen-bond donors (Lipinski definition) is 2. The number of Topliss-reactive ketones (excluding diaryl/α,β-unsaturated/α-hetero) is 1. The minimum atomic E-state index is -0.131. The van der Waals surface area contributed by atoms with Crippen molar-refractivity contribution in [3.05, 3.63) is 24.0 Å². The summed E-state index contributed by atoms with van der Waals surface area (Å²) in [7, 11) is 0. The first-order valence-corrected chi connectivity index (χ1v) is 5.31. The molecule has 17 heavy (non-hydrogen) atoms. The van der Waals surface area contributed by atoms with E-state index in [0.29, 0.717) is 11.4 Å². The predicted octanol–water partition coefficient (Wildman–Crippen LogP) is 2.23. The zero-order chi connectivity index (χ0) is 13.2. The van der Waals surface area contributed by atoms with E-state index in [9.17, 15) is 4.79 Å². The van der Waals surface area contributed by atoms with Crippen molar-refractivity contribution in [2.75, 3.05) is 11.1 Å². The number of hydrogen-bond acceptors (Lipinski definition) is 5. The van der Waals surface area contributed by atoms with E-state index < -0.39 is 0 Å². The average molecular weight is 234 g/mol. The van der Waals surface area contributed by atoms with Crippen LogP contribution in [0.15, 0.2) is 18.5 Å². The van der Waals surface area contributed by atoms with E-state index in [-0.39, 0.29) is 17.1 Å². The molecule has 0 aliphatic rings. The standard InChI is InChI=1S/C12H18N4O/c1-7(17)9-6-14-11(13)16-10(9)15-8(2)12(3,4)5/h6H,2H2,1,3-5H3,(H3,13,14,15,16). The van der Waals surface area contributed by atoms with Crippen LogP contribution in [0.4, 0.5) is 11.8 Å². The van der Waals surface area contributed by atoms with Gasteiger partial charge in [-0.25, -0.2) is 4.98 Å². The second-order valence-corrected chi connectivity index (χ2v) is 4.90. The van der Waals surface area contributed by atoms with Gasteiger partial charge in [-0.15, -0.1) is 0 Å². The first kappa shape index (κ1) is 13.2. The third-order valence-electron chi connectivity index (χ3n) is 2.36. The molecule has 0 spiro atoms. The van der Waals surface area contributed by atoms with Crippen LogP contribution in [0, 0.1) is 5.41 Å². The number of nitrogens with two attached hydrogens (primary N) is 1. The fourth-order valence-electron chi connectivity index (χ4n) is 1.08. The molecule has 92 valence electrons. The third-order valence-corrected chi connectivity index (χ3v) is 2.36. The van der Waals surface area contributed by atoms with Crippen LogP contribution in [0.3, 0.4) is 0 Å². The molecule has 0 aromatic carbocycles. The number of ketones is 1. The van der Waals surface area contributed by atoms with Crippen LogP contribution in [-0.2, 0) is 0 Å². The molecule has 1 heterocycles. The van der Waals surface area contributed by atoms with Crippen LogP contribution >= 0.6 is 0 Å². The molecule has 0 saturated carbocycles. The zero-order valence-electron chi connectivity index (χ0n) is 10.7. The van der Waals surface area contributed by atoms with Gasteiger partial charge < -0.3 is 11.1 Å². The topological polar surface area (TPSA) is 80.9 Å². The molecule has 0 atom stereocenters. The van der Waals surface area contributed by atoms with Gasteiger partial charge in [0.05, 0.1) is 5.56 Å². The average Bonchev–Trinajstić information content (AvgIpc) is 2.15. The Labute approximate surface area is 101 Å². The van der Waals surface area contributed by atoms with E-state index >= 15 is 0 Å². The summed E-state index contributed by atoms with van der Waals surface area (Å²) in [4.78, 5) is 19.2. The molecular weight excluding hydrogens is 216 g/mol. The number of nitrogens with one attached hydrogen (secondary N) is 1. The van der Waals surface area contributed by atoms with Crippen molar-refractivity contribution in [3.63, 3.8) is 0 Å². The van der Waals surface area contributed by atoms with Crippen molar-refractivity contribution in [2.24, 2.45) is 5.41 Å². The highest BCUT2D eigenvalue weighted by Gasteiger charge is 2.18. The predicted molar refractivity (Wildman–Crippen MR) is 68.7 cm³/mol. The summed E-state index contributed by atoms with van der Waals surface area (Å²) in [5.41, 5.74) is 6.55. The van der Waals surface area contributed by atoms with Crippen molar-refractivity contribution in [3.8, 4) is 0 Å². The Morgan fingerprint density at radius 2 is 2.06 bits per heavy atom. The molecule has 5 nitrogen and oxygen atoms in total. The molecule has 0 saturated heterocycles. The van der Waals surface area contributed by atoms with Crippen molar-refractivity contribution in [1.82, 2.24) is 9.97 Å². The first-order chi connectivity index (χ1) is 7.71. The highest BCUT2D eigenvalue weighted by Crippen LogP contribution is 2.26.